The highest BCUT2D eigenvalue weighted by atomic mass is 32.2. The molecule has 1 N–H and O–H groups in total. The molecule has 0 aliphatic carbocycles. The maximum atomic E-state index is 13.2. The predicted molar refractivity (Wildman–Crippen MR) is 93.5 cm³/mol. The third-order valence-corrected chi connectivity index (χ3v) is 6.75. The lowest BCUT2D eigenvalue weighted by Gasteiger charge is -2.13. The maximum Gasteiger partial charge on any atom is 0.152 e. The number of halogens is 1. The van der Waals surface area contributed by atoms with Gasteiger partial charge in [-0.05, 0) is 24.1 Å². The Morgan fingerprint density at radius 1 is 1.21 bits per heavy atom. The van der Waals surface area contributed by atoms with Crippen molar-refractivity contribution in [1.82, 2.24) is 9.97 Å². The van der Waals surface area contributed by atoms with E-state index in [1.165, 1.54) is 29.8 Å². The SMILES string of the molecule is O=S1(=O)CCC(Nc2ncnc3scc(-c4ccc(F)cc4)c23)C1. The van der Waals surface area contributed by atoms with E-state index in [-0.39, 0.29) is 23.4 Å². The van der Waals surface area contributed by atoms with Crippen LogP contribution in [0.25, 0.3) is 21.3 Å². The van der Waals surface area contributed by atoms with Crippen LogP contribution in [0.1, 0.15) is 6.42 Å². The Hall–Kier alpha value is -2.06. The van der Waals surface area contributed by atoms with Crippen LogP contribution in [0.4, 0.5) is 10.2 Å². The summed E-state index contributed by atoms with van der Waals surface area (Å²) < 4.78 is 36.5. The lowest BCUT2D eigenvalue weighted by molar-refractivity contribution is 0.602. The fourth-order valence-corrected chi connectivity index (χ4v) is 5.52. The first-order chi connectivity index (χ1) is 11.5. The fourth-order valence-electron chi connectivity index (χ4n) is 2.93. The van der Waals surface area contributed by atoms with Gasteiger partial charge in [0.05, 0.1) is 16.9 Å². The number of fused-ring (bicyclic) bond motifs is 1. The predicted octanol–water partition coefficient (Wildman–Crippen LogP) is 3.10. The minimum Gasteiger partial charge on any atom is -0.366 e. The minimum atomic E-state index is -2.97. The molecule has 1 saturated heterocycles. The Kier molecular flexibility index (Phi) is 3.73. The molecule has 0 radical (unpaired) electrons. The number of anilines is 1. The number of rotatable bonds is 3. The molecule has 1 fully saturated rings. The number of thiophene rings is 1. The first kappa shape index (κ1) is 15.5. The molecule has 0 saturated carbocycles. The van der Waals surface area contributed by atoms with E-state index in [9.17, 15) is 12.8 Å². The molecule has 24 heavy (non-hydrogen) atoms. The summed E-state index contributed by atoms with van der Waals surface area (Å²) in [7, 11) is -2.97. The van der Waals surface area contributed by atoms with Crippen molar-refractivity contribution in [2.45, 2.75) is 12.5 Å². The van der Waals surface area contributed by atoms with Gasteiger partial charge in [-0.15, -0.1) is 11.3 Å². The van der Waals surface area contributed by atoms with Gasteiger partial charge in [0.15, 0.2) is 9.84 Å². The van der Waals surface area contributed by atoms with Gasteiger partial charge in [0.1, 0.15) is 22.8 Å². The molecule has 4 rings (SSSR count). The number of hydrogen-bond acceptors (Lipinski definition) is 6. The quantitative estimate of drug-likeness (QED) is 0.774. The van der Waals surface area contributed by atoms with Gasteiger partial charge < -0.3 is 5.32 Å². The van der Waals surface area contributed by atoms with Crippen LogP contribution in [0.5, 0.6) is 0 Å². The van der Waals surface area contributed by atoms with Crippen molar-refractivity contribution >= 4 is 37.2 Å². The first-order valence-corrected chi connectivity index (χ1v) is 10.2. The zero-order valence-electron chi connectivity index (χ0n) is 12.6. The van der Waals surface area contributed by atoms with Crippen molar-refractivity contribution in [3.05, 3.63) is 41.8 Å². The number of hydrogen-bond donors (Lipinski definition) is 1. The normalized spacial score (nSPS) is 19.6. The van der Waals surface area contributed by atoms with Crippen LogP contribution in [-0.4, -0.2) is 35.9 Å². The van der Waals surface area contributed by atoms with Crippen molar-refractivity contribution in [2.75, 3.05) is 16.8 Å². The Balaban J connectivity index is 1.76. The molecule has 0 bridgehead atoms. The van der Waals surface area contributed by atoms with E-state index in [0.717, 1.165) is 21.3 Å². The van der Waals surface area contributed by atoms with E-state index in [0.29, 0.717) is 12.2 Å². The molecule has 1 aliphatic rings. The van der Waals surface area contributed by atoms with Crippen molar-refractivity contribution < 1.29 is 12.8 Å². The van der Waals surface area contributed by atoms with Gasteiger partial charge in [-0.3, -0.25) is 0 Å². The standard InChI is InChI=1S/C16H14FN3O2S2/c17-11-3-1-10(2-4-11)13-7-23-16-14(13)15(18-9-19-16)20-12-5-6-24(21,22)8-12/h1-4,7,9,12H,5-6,8H2,(H,18,19,20). The Bertz CT molecular complexity index is 1000. The monoisotopic (exact) mass is 363 g/mol. The molecule has 0 amide bonds. The van der Waals surface area contributed by atoms with Crippen LogP contribution in [0.2, 0.25) is 0 Å². The Morgan fingerprint density at radius 3 is 2.71 bits per heavy atom. The van der Waals surface area contributed by atoms with Crippen LogP contribution in [0, 0.1) is 5.82 Å². The van der Waals surface area contributed by atoms with Crippen molar-refractivity contribution in [1.29, 1.82) is 0 Å². The number of benzene rings is 1. The third kappa shape index (κ3) is 2.87. The van der Waals surface area contributed by atoms with E-state index >= 15 is 0 Å². The second-order valence-electron chi connectivity index (χ2n) is 5.80. The zero-order valence-corrected chi connectivity index (χ0v) is 14.2. The van der Waals surface area contributed by atoms with E-state index in [1.54, 1.807) is 12.1 Å². The summed E-state index contributed by atoms with van der Waals surface area (Å²) in [5.74, 6) is 0.661. The van der Waals surface area contributed by atoms with Crippen LogP contribution < -0.4 is 5.32 Å². The molecule has 8 heteroatoms. The maximum absolute atomic E-state index is 13.2. The summed E-state index contributed by atoms with van der Waals surface area (Å²) in [4.78, 5) is 9.41. The molecule has 1 aromatic carbocycles. The van der Waals surface area contributed by atoms with Gasteiger partial charge in [0.25, 0.3) is 0 Å². The minimum absolute atomic E-state index is 0.120. The first-order valence-electron chi connectivity index (χ1n) is 7.47. The topological polar surface area (TPSA) is 72.0 Å². The molecule has 3 heterocycles. The van der Waals surface area contributed by atoms with Gasteiger partial charge in [0, 0.05) is 17.0 Å². The number of nitrogens with zero attached hydrogens (tertiary/aromatic N) is 2. The third-order valence-electron chi connectivity index (χ3n) is 4.10. The molecule has 1 unspecified atom stereocenters. The highest BCUT2D eigenvalue weighted by Crippen LogP contribution is 2.37. The Morgan fingerprint density at radius 2 is 2.00 bits per heavy atom. The molecule has 3 aromatic rings. The lowest BCUT2D eigenvalue weighted by atomic mass is 10.1. The van der Waals surface area contributed by atoms with E-state index in [4.69, 9.17) is 0 Å². The Labute approximate surface area is 142 Å². The van der Waals surface area contributed by atoms with E-state index < -0.39 is 9.84 Å². The zero-order chi connectivity index (χ0) is 16.7. The second-order valence-corrected chi connectivity index (χ2v) is 8.89. The number of aromatic nitrogens is 2. The van der Waals surface area contributed by atoms with Gasteiger partial charge in [-0.1, -0.05) is 12.1 Å². The molecule has 124 valence electrons. The molecule has 2 aromatic heterocycles. The highest BCUT2D eigenvalue weighted by Gasteiger charge is 2.28. The van der Waals surface area contributed by atoms with E-state index in [1.807, 2.05) is 5.38 Å². The summed E-state index contributed by atoms with van der Waals surface area (Å²) in [5, 5.41) is 6.06. The molecule has 0 spiro atoms. The van der Waals surface area contributed by atoms with Gasteiger partial charge in [-0.2, -0.15) is 0 Å². The van der Waals surface area contributed by atoms with Gasteiger partial charge in [0.2, 0.25) is 0 Å². The summed E-state index contributed by atoms with van der Waals surface area (Å²) in [6, 6.07) is 6.12. The van der Waals surface area contributed by atoms with E-state index in [2.05, 4.69) is 15.3 Å². The van der Waals surface area contributed by atoms with Crippen molar-refractivity contribution in [3.63, 3.8) is 0 Å². The largest absolute Gasteiger partial charge is 0.366 e. The average molecular weight is 363 g/mol. The average Bonchev–Trinajstić information content (AvgIpc) is 3.12. The van der Waals surface area contributed by atoms with Gasteiger partial charge in [-0.25, -0.2) is 22.8 Å². The summed E-state index contributed by atoms with van der Waals surface area (Å²) >= 11 is 1.48. The highest BCUT2D eigenvalue weighted by molar-refractivity contribution is 7.91. The van der Waals surface area contributed by atoms with Crippen LogP contribution in [-0.2, 0) is 9.84 Å². The fraction of sp³-hybridized carbons (Fsp3) is 0.250. The second kappa shape index (κ2) is 5.78. The smallest absolute Gasteiger partial charge is 0.152 e. The van der Waals surface area contributed by atoms with Crippen LogP contribution in [0.3, 0.4) is 0 Å². The molecule has 5 nitrogen and oxygen atoms in total. The molecular formula is C16H14FN3O2S2. The summed E-state index contributed by atoms with van der Waals surface area (Å²) in [5.41, 5.74) is 1.79. The van der Waals surface area contributed by atoms with Crippen molar-refractivity contribution in [2.24, 2.45) is 0 Å². The van der Waals surface area contributed by atoms with Gasteiger partial charge >= 0.3 is 0 Å². The molecule has 1 atom stereocenters. The molecule has 1 aliphatic heterocycles. The number of nitrogens with one attached hydrogen (secondary N) is 1. The summed E-state index contributed by atoms with van der Waals surface area (Å²) in [6.07, 6.45) is 2.04. The summed E-state index contributed by atoms with van der Waals surface area (Å²) in [6.45, 7) is 0. The lowest BCUT2D eigenvalue weighted by Crippen LogP contribution is -2.21. The van der Waals surface area contributed by atoms with Crippen molar-refractivity contribution in [3.8, 4) is 11.1 Å². The van der Waals surface area contributed by atoms with Crippen LogP contribution >= 0.6 is 11.3 Å². The van der Waals surface area contributed by atoms with Crippen LogP contribution in [0.15, 0.2) is 36.0 Å². The molecular weight excluding hydrogens is 349 g/mol. The number of sulfone groups is 1.